The Balaban J connectivity index is 1.95. The van der Waals surface area contributed by atoms with Crippen molar-refractivity contribution in [2.75, 3.05) is 20.1 Å². The highest BCUT2D eigenvalue weighted by atomic mass is 79.9. The smallest absolute Gasteiger partial charge is 0.228 e. The van der Waals surface area contributed by atoms with Crippen molar-refractivity contribution in [1.82, 2.24) is 20.4 Å². The zero-order valence-electron chi connectivity index (χ0n) is 15.3. The van der Waals surface area contributed by atoms with Gasteiger partial charge in [0.25, 0.3) is 0 Å². The van der Waals surface area contributed by atoms with Gasteiger partial charge in [-0.2, -0.15) is 4.98 Å². The van der Waals surface area contributed by atoms with Crippen molar-refractivity contribution >= 4 is 21.9 Å². The predicted octanol–water partition coefficient (Wildman–Crippen LogP) is 3.60. The summed E-state index contributed by atoms with van der Waals surface area (Å²) >= 11 is 3.46. The van der Waals surface area contributed by atoms with E-state index in [9.17, 15) is 0 Å². The molecule has 1 N–H and O–H groups in total. The van der Waals surface area contributed by atoms with E-state index in [1.54, 1.807) is 0 Å². The first-order chi connectivity index (χ1) is 12.0. The fraction of sp³-hybridized carbons (Fsp3) is 0.500. The Morgan fingerprint density at radius 3 is 2.64 bits per heavy atom. The molecule has 0 saturated carbocycles. The van der Waals surface area contributed by atoms with Gasteiger partial charge in [0, 0.05) is 36.9 Å². The van der Waals surface area contributed by atoms with Crippen molar-refractivity contribution in [3.8, 4) is 0 Å². The molecule has 7 heteroatoms. The Labute approximate surface area is 157 Å². The Morgan fingerprint density at radius 1 is 1.32 bits per heavy atom. The maximum Gasteiger partial charge on any atom is 0.228 e. The van der Waals surface area contributed by atoms with Crippen molar-refractivity contribution in [3.05, 3.63) is 46.0 Å². The topological polar surface area (TPSA) is 66.5 Å². The average molecular weight is 408 g/mol. The SMILES string of the molecule is CCNC(=NCCc1nc(C(C)C)no1)N(C)Cc1ccc(Br)cc1. The van der Waals surface area contributed by atoms with Crippen LogP contribution in [0.15, 0.2) is 38.3 Å². The average Bonchev–Trinajstić information content (AvgIpc) is 3.05. The second-order valence-corrected chi connectivity index (χ2v) is 7.08. The molecule has 0 spiro atoms. The molecule has 0 saturated heterocycles. The highest BCUT2D eigenvalue weighted by Gasteiger charge is 2.10. The van der Waals surface area contributed by atoms with Crippen LogP contribution in [0, 0.1) is 0 Å². The van der Waals surface area contributed by atoms with E-state index >= 15 is 0 Å². The second-order valence-electron chi connectivity index (χ2n) is 6.17. The minimum Gasteiger partial charge on any atom is -0.357 e. The van der Waals surface area contributed by atoms with Gasteiger partial charge in [0.15, 0.2) is 11.8 Å². The fourth-order valence-electron chi connectivity index (χ4n) is 2.27. The number of guanidine groups is 1. The van der Waals surface area contributed by atoms with Crippen LogP contribution in [0.1, 0.15) is 44.0 Å². The second kappa shape index (κ2) is 9.56. The quantitative estimate of drug-likeness (QED) is 0.560. The molecule has 1 aromatic carbocycles. The largest absolute Gasteiger partial charge is 0.357 e. The van der Waals surface area contributed by atoms with E-state index in [0.717, 1.165) is 29.3 Å². The summed E-state index contributed by atoms with van der Waals surface area (Å²) in [6.45, 7) is 8.38. The van der Waals surface area contributed by atoms with E-state index in [-0.39, 0.29) is 5.92 Å². The van der Waals surface area contributed by atoms with E-state index in [0.29, 0.717) is 18.9 Å². The fourth-order valence-corrected chi connectivity index (χ4v) is 2.53. The van der Waals surface area contributed by atoms with Crippen LogP contribution in [0.2, 0.25) is 0 Å². The molecule has 0 radical (unpaired) electrons. The summed E-state index contributed by atoms with van der Waals surface area (Å²) in [4.78, 5) is 11.2. The van der Waals surface area contributed by atoms with E-state index in [1.807, 2.05) is 20.9 Å². The molecule has 25 heavy (non-hydrogen) atoms. The molecule has 1 aromatic heterocycles. The lowest BCUT2D eigenvalue weighted by atomic mass is 10.2. The van der Waals surface area contributed by atoms with E-state index in [2.05, 4.69) is 72.5 Å². The summed E-state index contributed by atoms with van der Waals surface area (Å²) in [6.07, 6.45) is 0.640. The van der Waals surface area contributed by atoms with Gasteiger partial charge < -0.3 is 14.7 Å². The van der Waals surface area contributed by atoms with Gasteiger partial charge in [-0.15, -0.1) is 0 Å². The standard InChI is InChI=1S/C18H26BrN5O/c1-5-20-18(24(4)12-14-6-8-15(19)9-7-14)21-11-10-16-22-17(13(2)3)23-25-16/h6-9,13H,5,10-12H2,1-4H3,(H,20,21). The molecule has 0 aliphatic heterocycles. The number of benzene rings is 1. The van der Waals surface area contributed by atoms with Crippen LogP contribution in [0.25, 0.3) is 0 Å². The lowest BCUT2D eigenvalue weighted by Gasteiger charge is -2.22. The first kappa shape index (κ1) is 19.4. The maximum absolute atomic E-state index is 5.27. The van der Waals surface area contributed by atoms with Crippen molar-refractivity contribution in [1.29, 1.82) is 0 Å². The molecule has 0 bridgehead atoms. The normalized spacial score (nSPS) is 11.8. The van der Waals surface area contributed by atoms with Crippen LogP contribution in [0.4, 0.5) is 0 Å². The minimum atomic E-state index is 0.273. The zero-order valence-corrected chi connectivity index (χ0v) is 16.9. The number of rotatable bonds is 7. The number of aromatic nitrogens is 2. The van der Waals surface area contributed by atoms with Crippen LogP contribution in [0.5, 0.6) is 0 Å². The van der Waals surface area contributed by atoms with E-state index < -0.39 is 0 Å². The van der Waals surface area contributed by atoms with Gasteiger partial charge in [0.05, 0.1) is 6.54 Å². The molecule has 0 fully saturated rings. The van der Waals surface area contributed by atoms with E-state index in [4.69, 9.17) is 4.52 Å². The van der Waals surface area contributed by atoms with Crippen LogP contribution in [-0.4, -0.2) is 41.1 Å². The molecule has 0 amide bonds. The van der Waals surface area contributed by atoms with Crippen LogP contribution < -0.4 is 5.32 Å². The lowest BCUT2D eigenvalue weighted by Crippen LogP contribution is -2.38. The number of hydrogen-bond donors (Lipinski definition) is 1. The van der Waals surface area contributed by atoms with Gasteiger partial charge in [0.1, 0.15) is 0 Å². The number of nitrogens with zero attached hydrogens (tertiary/aromatic N) is 4. The Kier molecular flexibility index (Phi) is 7.43. The maximum atomic E-state index is 5.27. The lowest BCUT2D eigenvalue weighted by molar-refractivity contribution is 0.372. The third-order valence-corrected chi connectivity index (χ3v) is 4.15. The monoisotopic (exact) mass is 407 g/mol. The molecular formula is C18H26BrN5O. The molecule has 2 rings (SSSR count). The number of halogens is 1. The molecular weight excluding hydrogens is 382 g/mol. The summed E-state index contributed by atoms with van der Waals surface area (Å²) in [5, 5.41) is 7.31. The Morgan fingerprint density at radius 2 is 2.04 bits per heavy atom. The molecule has 6 nitrogen and oxygen atoms in total. The first-order valence-electron chi connectivity index (χ1n) is 8.56. The van der Waals surface area contributed by atoms with E-state index in [1.165, 1.54) is 5.56 Å². The first-order valence-corrected chi connectivity index (χ1v) is 9.35. The Hall–Kier alpha value is -1.89. The Bertz CT molecular complexity index is 681. The third kappa shape index (κ3) is 6.16. The van der Waals surface area contributed by atoms with Crippen molar-refractivity contribution < 1.29 is 4.52 Å². The van der Waals surface area contributed by atoms with Gasteiger partial charge in [-0.1, -0.05) is 47.1 Å². The summed E-state index contributed by atoms with van der Waals surface area (Å²) in [5.74, 6) is 2.53. The molecule has 1 heterocycles. The summed E-state index contributed by atoms with van der Waals surface area (Å²) < 4.78 is 6.35. The van der Waals surface area contributed by atoms with Gasteiger partial charge in [0.2, 0.25) is 5.89 Å². The molecule has 0 atom stereocenters. The van der Waals surface area contributed by atoms with Gasteiger partial charge in [-0.05, 0) is 24.6 Å². The molecule has 0 aliphatic rings. The molecule has 0 unspecified atom stereocenters. The van der Waals surface area contributed by atoms with Gasteiger partial charge in [-0.3, -0.25) is 4.99 Å². The predicted molar refractivity (Wildman–Crippen MR) is 104 cm³/mol. The van der Waals surface area contributed by atoms with Gasteiger partial charge in [-0.25, -0.2) is 0 Å². The van der Waals surface area contributed by atoms with Crippen molar-refractivity contribution in [3.63, 3.8) is 0 Å². The van der Waals surface area contributed by atoms with Crippen LogP contribution in [0.3, 0.4) is 0 Å². The summed E-state index contributed by atoms with van der Waals surface area (Å²) in [5.41, 5.74) is 1.23. The highest BCUT2D eigenvalue weighted by molar-refractivity contribution is 9.10. The van der Waals surface area contributed by atoms with Crippen LogP contribution >= 0.6 is 15.9 Å². The highest BCUT2D eigenvalue weighted by Crippen LogP contribution is 2.12. The number of hydrogen-bond acceptors (Lipinski definition) is 4. The van der Waals surface area contributed by atoms with Crippen LogP contribution in [-0.2, 0) is 13.0 Å². The summed E-state index contributed by atoms with van der Waals surface area (Å²) in [7, 11) is 2.03. The van der Waals surface area contributed by atoms with Crippen molar-refractivity contribution in [2.45, 2.75) is 39.7 Å². The third-order valence-electron chi connectivity index (χ3n) is 3.62. The minimum absolute atomic E-state index is 0.273. The number of aliphatic imine (C=N–C) groups is 1. The summed E-state index contributed by atoms with van der Waals surface area (Å²) in [6, 6.07) is 8.32. The van der Waals surface area contributed by atoms with Gasteiger partial charge >= 0.3 is 0 Å². The zero-order chi connectivity index (χ0) is 18.2. The number of nitrogens with one attached hydrogen (secondary N) is 1. The molecule has 136 valence electrons. The molecule has 0 aliphatic carbocycles. The van der Waals surface area contributed by atoms with Crippen molar-refractivity contribution in [2.24, 2.45) is 4.99 Å². The molecule has 2 aromatic rings.